The summed E-state index contributed by atoms with van der Waals surface area (Å²) in [7, 11) is -2.92. The third-order valence-corrected chi connectivity index (χ3v) is 3.73. The van der Waals surface area contributed by atoms with E-state index in [4.69, 9.17) is 5.73 Å². The Bertz CT molecular complexity index is 541. The molecule has 0 aliphatic heterocycles. The minimum Gasteiger partial charge on any atom is -0.383 e. The number of nitrogens with two attached hydrogens (primary N) is 1. The standard InChI is InChI=1S/C12H22N4O2S/c1-8(2)11-15-10(13)9(3)12(16-11)14-6-5-7-19(4,17)18/h8H,5-7H2,1-4H3,(H3,13,14,15,16). The van der Waals surface area contributed by atoms with Crippen molar-refractivity contribution < 1.29 is 8.42 Å². The number of hydrogen-bond donors (Lipinski definition) is 2. The predicted octanol–water partition coefficient (Wildman–Crippen LogP) is 1.34. The van der Waals surface area contributed by atoms with Crippen LogP contribution in [0.1, 0.15) is 37.6 Å². The summed E-state index contributed by atoms with van der Waals surface area (Å²) in [5.74, 6) is 2.19. The van der Waals surface area contributed by atoms with Gasteiger partial charge in [0, 0.05) is 24.3 Å². The first-order chi connectivity index (χ1) is 8.70. The van der Waals surface area contributed by atoms with Crippen LogP contribution in [0.15, 0.2) is 0 Å². The lowest BCUT2D eigenvalue weighted by Crippen LogP contribution is -2.14. The molecule has 1 aromatic heterocycles. The number of hydrogen-bond acceptors (Lipinski definition) is 6. The molecule has 108 valence electrons. The maximum atomic E-state index is 11.0. The van der Waals surface area contributed by atoms with Crippen LogP contribution < -0.4 is 11.1 Å². The molecule has 0 amide bonds. The van der Waals surface area contributed by atoms with Gasteiger partial charge in [0.2, 0.25) is 0 Å². The topological polar surface area (TPSA) is 98.0 Å². The van der Waals surface area contributed by atoms with Crippen LogP contribution in [0.3, 0.4) is 0 Å². The fourth-order valence-corrected chi connectivity index (χ4v) is 2.19. The molecule has 1 aromatic rings. The number of anilines is 2. The van der Waals surface area contributed by atoms with E-state index in [2.05, 4.69) is 15.3 Å². The maximum absolute atomic E-state index is 11.0. The van der Waals surface area contributed by atoms with E-state index < -0.39 is 9.84 Å². The zero-order valence-corrected chi connectivity index (χ0v) is 12.7. The van der Waals surface area contributed by atoms with Crippen LogP contribution in [0.2, 0.25) is 0 Å². The molecule has 0 spiro atoms. The summed E-state index contributed by atoms with van der Waals surface area (Å²) in [5, 5.41) is 3.13. The molecule has 0 unspecified atom stereocenters. The number of nitrogens with zero attached hydrogens (tertiary/aromatic N) is 2. The molecular formula is C12H22N4O2S. The largest absolute Gasteiger partial charge is 0.383 e. The average molecular weight is 286 g/mol. The van der Waals surface area contributed by atoms with Crippen molar-refractivity contribution in [3.05, 3.63) is 11.4 Å². The van der Waals surface area contributed by atoms with E-state index in [9.17, 15) is 8.42 Å². The van der Waals surface area contributed by atoms with Gasteiger partial charge in [-0.1, -0.05) is 13.8 Å². The second kappa shape index (κ2) is 6.18. The normalized spacial score (nSPS) is 11.8. The van der Waals surface area contributed by atoms with Gasteiger partial charge in [-0.05, 0) is 13.3 Å². The lowest BCUT2D eigenvalue weighted by molar-refractivity contribution is 0.600. The van der Waals surface area contributed by atoms with Gasteiger partial charge in [-0.3, -0.25) is 0 Å². The second-order valence-corrected chi connectivity index (χ2v) is 7.27. The fraction of sp³-hybridized carbons (Fsp3) is 0.667. The minimum absolute atomic E-state index is 0.163. The van der Waals surface area contributed by atoms with Crippen molar-refractivity contribution in [2.24, 2.45) is 0 Å². The molecule has 0 bridgehead atoms. The molecule has 1 heterocycles. The molecule has 0 saturated carbocycles. The molecular weight excluding hydrogens is 264 g/mol. The molecule has 1 rings (SSSR count). The summed E-state index contributed by atoms with van der Waals surface area (Å²) in [6, 6.07) is 0. The van der Waals surface area contributed by atoms with Gasteiger partial charge in [0.25, 0.3) is 0 Å². The first-order valence-electron chi connectivity index (χ1n) is 6.26. The van der Waals surface area contributed by atoms with E-state index in [0.29, 0.717) is 30.4 Å². The maximum Gasteiger partial charge on any atom is 0.147 e. The summed E-state index contributed by atoms with van der Waals surface area (Å²) in [4.78, 5) is 8.65. The molecule has 7 heteroatoms. The van der Waals surface area contributed by atoms with Crippen molar-refractivity contribution in [3.8, 4) is 0 Å². The zero-order valence-electron chi connectivity index (χ0n) is 11.9. The zero-order chi connectivity index (χ0) is 14.6. The Morgan fingerprint density at radius 1 is 1.32 bits per heavy atom. The van der Waals surface area contributed by atoms with E-state index in [1.807, 2.05) is 20.8 Å². The summed E-state index contributed by atoms with van der Waals surface area (Å²) >= 11 is 0. The van der Waals surface area contributed by atoms with Crippen LogP contribution in [-0.2, 0) is 9.84 Å². The molecule has 0 aliphatic rings. The summed E-state index contributed by atoms with van der Waals surface area (Å²) in [5.41, 5.74) is 6.64. The Balaban J connectivity index is 2.72. The first-order valence-corrected chi connectivity index (χ1v) is 8.32. The molecule has 0 saturated heterocycles. The Morgan fingerprint density at radius 3 is 2.47 bits per heavy atom. The van der Waals surface area contributed by atoms with Crippen LogP contribution in [-0.4, -0.2) is 36.9 Å². The lowest BCUT2D eigenvalue weighted by atomic mass is 10.2. The second-order valence-electron chi connectivity index (χ2n) is 5.01. The van der Waals surface area contributed by atoms with Gasteiger partial charge in [-0.2, -0.15) is 0 Å². The van der Waals surface area contributed by atoms with Crippen LogP contribution in [0, 0.1) is 6.92 Å². The Labute approximate surface area is 114 Å². The van der Waals surface area contributed by atoms with Crippen molar-refractivity contribution in [2.75, 3.05) is 29.6 Å². The Morgan fingerprint density at radius 2 is 1.95 bits per heavy atom. The van der Waals surface area contributed by atoms with E-state index in [-0.39, 0.29) is 11.7 Å². The summed E-state index contributed by atoms with van der Waals surface area (Å²) in [6.07, 6.45) is 1.77. The third kappa shape index (κ3) is 5.02. The lowest BCUT2D eigenvalue weighted by Gasteiger charge is -2.13. The highest BCUT2D eigenvalue weighted by Crippen LogP contribution is 2.20. The molecule has 0 aliphatic carbocycles. The molecule has 3 N–H and O–H groups in total. The van der Waals surface area contributed by atoms with Crippen molar-refractivity contribution in [1.29, 1.82) is 0 Å². The number of sulfone groups is 1. The summed E-state index contributed by atoms with van der Waals surface area (Å²) < 4.78 is 22.1. The number of nitrogens with one attached hydrogen (secondary N) is 1. The molecule has 0 aromatic carbocycles. The van der Waals surface area contributed by atoms with Gasteiger partial charge in [0.15, 0.2) is 0 Å². The van der Waals surface area contributed by atoms with E-state index in [1.54, 1.807) is 0 Å². The molecule has 0 atom stereocenters. The van der Waals surface area contributed by atoms with E-state index in [0.717, 1.165) is 5.56 Å². The van der Waals surface area contributed by atoms with Gasteiger partial charge in [0.05, 0.1) is 5.75 Å². The van der Waals surface area contributed by atoms with E-state index >= 15 is 0 Å². The minimum atomic E-state index is -2.92. The fourth-order valence-electron chi connectivity index (χ4n) is 1.52. The summed E-state index contributed by atoms with van der Waals surface area (Å²) in [6.45, 7) is 6.38. The first kappa shape index (κ1) is 15.7. The van der Waals surface area contributed by atoms with Gasteiger partial charge >= 0.3 is 0 Å². The predicted molar refractivity (Wildman–Crippen MR) is 78.1 cm³/mol. The van der Waals surface area contributed by atoms with Crippen LogP contribution >= 0.6 is 0 Å². The number of rotatable bonds is 6. The highest BCUT2D eigenvalue weighted by atomic mass is 32.2. The van der Waals surface area contributed by atoms with Crippen LogP contribution in [0.4, 0.5) is 11.6 Å². The average Bonchev–Trinajstić information content (AvgIpc) is 2.27. The van der Waals surface area contributed by atoms with Gasteiger partial charge in [-0.15, -0.1) is 0 Å². The van der Waals surface area contributed by atoms with Crippen molar-refractivity contribution in [2.45, 2.75) is 33.1 Å². The molecule has 0 fully saturated rings. The smallest absolute Gasteiger partial charge is 0.147 e. The van der Waals surface area contributed by atoms with Gasteiger partial charge < -0.3 is 11.1 Å². The number of nitrogen functional groups attached to an aromatic ring is 1. The SMILES string of the molecule is Cc1c(N)nc(C(C)C)nc1NCCCS(C)(=O)=O. The molecule has 19 heavy (non-hydrogen) atoms. The quantitative estimate of drug-likeness (QED) is 0.766. The third-order valence-electron chi connectivity index (χ3n) is 2.70. The highest BCUT2D eigenvalue weighted by molar-refractivity contribution is 7.90. The highest BCUT2D eigenvalue weighted by Gasteiger charge is 2.11. The van der Waals surface area contributed by atoms with Crippen LogP contribution in [0.25, 0.3) is 0 Å². The van der Waals surface area contributed by atoms with Crippen molar-refractivity contribution >= 4 is 21.5 Å². The Kier molecular flexibility index (Phi) is 5.11. The Hall–Kier alpha value is -1.37. The van der Waals surface area contributed by atoms with Gasteiger partial charge in [-0.25, -0.2) is 18.4 Å². The van der Waals surface area contributed by atoms with Crippen molar-refractivity contribution in [3.63, 3.8) is 0 Å². The number of aromatic nitrogens is 2. The van der Waals surface area contributed by atoms with Gasteiger partial charge in [0.1, 0.15) is 27.3 Å². The molecule has 0 radical (unpaired) electrons. The van der Waals surface area contributed by atoms with E-state index in [1.165, 1.54) is 6.26 Å². The molecule has 6 nitrogen and oxygen atoms in total. The van der Waals surface area contributed by atoms with Crippen LogP contribution in [0.5, 0.6) is 0 Å². The van der Waals surface area contributed by atoms with Crippen molar-refractivity contribution in [1.82, 2.24) is 9.97 Å². The monoisotopic (exact) mass is 286 g/mol.